The number of aliphatic hydroxyl groups is 2. The third kappa shape index (κ3) is 8.21. The number of carbonyl (C=O) groups excluding carboxylic acids is 1. The summed E-state index contributed by atoms with van der Waals surface area (Å²) in [5.74, 6) is -0.103. The van der Waals surface area contributed by atoms with E-state index in [2.05, 4.69) is 35.3 Å². The molecular weight excluding hydrogens is 624 g/mol. The van der Waals surface area contributed by atoms with Crippen molar-refractivity contribution in [2.45, 2.75) is 57.6 Å². The van der Waals surface area contributed by atoms with Gasteiger partial charge >= 0.3 is 0 Å². The number of amides is 1. The summed E-state index contributed by atoms with van der Waals surface area (Å²) < 4.78 is 13.4. The highest BCUT2D eigenvalue weighted by Gasteiger charge is 2.39. The van der Waals surface area contributed by atoms with Gasteiger partial charge in [0, 0.05) is 36.2 Å². The smallest absolute Gasteiger partial charge is 0.251 e. The predicted octanol–water partition coefficient (Wildman–Crippen LogP) is 7.62. The van der Waals surface area contributed by atoms with Gasteiger partial charge in [-0.3, -0.25) is 9.69 Å². The van der Waals surface area contributed by atoms with Crippen molar-refractivity contribution in [2.75, 3.05) is 13.6 Å². The molecule has 1 heterocycles. The van der Waals surface area contributed by atoms with E-state index >= 15 is 0 Å². The Morgan fingerprint density at radius 3 is 2.10 bits per heavy atom. The molecule has 1 saturated heterocycles. The van der Waals surface area contributed by atoms with Crippen molar-refractivity contribution in [1.82, 2.24) is 10.2 Å². The fourth-order valence-corrected chi connectivity index (χ4v) is 6.59. The van der Waals surface area contributed by atoms with Crippen LogP contribution in [-0.4, -0.2) is 46.8 Å². The minimum absolute atomic E-state index is 0.00647. The van der Waals surface area contributed by atoms with E-state index in [0.717, 1.165) is 38.9 Å². The highest BCUT2D eigenvalue weighted by Crippen LogP contribution is 2.42. The summed E-state index contributed by atoms with van der Waals surface area (Å²) in [4.78, 5) is 14.9. The maximum absolute atomic E-state index is 12.7. The third-order valence-electron chi connectivity index (χ3n) is 9.87. The minimum Gasteiger partial charge on any atom is -0.392 e. The molecule has 3 N–H and O–H groups in total. The molecule has 6 rings (SSSR count). The van der Waals surface area contributed by atoms with Crippen LogP contribution in [0.4, 0.5) is 0 Å². The number of likely N-dealkylation sites (N-methyl/N-ethyl adjacent to an activating group) is 1. The van der Waals surface area contributed by atoms with E-state index in [0.29, 0.717) is 18.7 Å². The number of aliphatic hydroxyl groups excluding tert-OH is 2. The summed E-state index contributed by atoms with van der Waals surface area (Å²) in [5, 5.41) is 23.9. The number of nitrogens with one attached hydrogen (secondary N) is 1. The highest BCUT2D eigenvalue weighted by atomic mass is 16.7. The Morgan fingerprint density at radius 2 is 1.42 bits per heavy atom. The molecule has 0 radical (unpaired) electrons. The van der Waals surface area contributed by atoms with E-state index in [1.807, 2.05) is 129 Å². The van der Waals surface area contributed by atoms with Crippen molar-refractivity contribution in [2.24, 2.45) is 5.92 Å². The van der Waals surface area contributed by atoms with Crippen LogP contribution in [0.25, 0.3) is 11.1 Å². The fraction of sp³-hybridized carbons (Fsp3) is 0.279. The average Bonchev–Trinajstić information content (AvgIpc) is 3.18. The summed E-state index contributed by atoms with van der Waals surface area (Å²) in [6.07, 6.45) is -1.70. The van der Waals surface area contributed by atoms with Gasteiger partial charge in [0.05, 0.1) is 24.9 Å². The van der Waals surface area contributed by atoms with Crippen LogP contribution in [0, 0.1) is 5.92 Å². The van der Waals surface area contributed by atoms with Crippen molar-refractivity contribution < 1.29 is 24.5 Å². The Morgan fingerprint density at radius 1 is 0.800 bits per heavy atom. The number of hydrogen-bond donors (Lipinski definition) is 3. The molecule has 7 heteroatoms. The molecule has 0 spiro atoms. The first-order valence-corrected chi connectivity index (χ1v) is 17.3. The Kier molecular flexibility index (Phi) is 11.5. The van der Waals surface area contributed by atoms with E-state index < -0.39 is 12.4 Å². The molecule has 6 unspecified atom stereocenters. The van der Waals surface area contributed by atoms with Crippen molar-refractivity contribution in [1.29, 1.82) is 0 Å². The Hall–Kier alpha value is -4.63. The molecular formula is C43H46N2O5. The number of ether oxygens (including phenoxy) is 2. The van der Waals surface area contributed by atoms with Gasteiger partial charge in [-0.2, -0.15) is 0 Å². The van der Waals surface area contributed by atoms with E-state index in [-0.39, 0.29) is 36.7 Å². The normalized spacial score (nSPS) is 20.3. The van der Waals surface area contributed by atoms with Gasteiger partial charge in [0.1, 0.15) is 0 Å². The molecule has 0 saturated carbocycles. The largest absolute Gasteiger partial charge is 0.392 e. The monoisotopic (exact) mass is 670 g/mol. The van der Waals surface area contributed by atoms with Gasteiger partial charge in [0.2, 0.25) is 0 Å². The first-order valence-electron chi connectivity index (χ1n) is 17.3. The van der Waals surface area contributed by atoms with Crippen LogP contribution in [0.15, 0.2) is 133 Å². The molecule has 1 aliphatic heterocycles. The highest BCUT2D eigenvalue weighted by molar-refractivity contribution is 5.94. The number of hydrogen-bond acceptors (Lipinski definition) is 6. The lowest BCUT2D eigenvalue weighted by atomic mass is 9.89. The quantitative estimate of drug-likeness (QED) is 0.127. The molecule has 0 bridgehead atoms. The number of carbonyl (C=O) groups is 1. The van der Waals surface area contributed by atoms with E-state index in [1.54, 1.807) is 0 Å². The molecule has 50 heavy (non-hydrogen) atoms. The molecule has 1 aliphatic rings. The summed E-state index contributed by atoms with van der Waals surface area (Å²) in [6.45, 7) is 5.17. The summed E-state index contributed by atoms with van der Waals surface area (Å²) >= 11 is 0. The van der Waals surface area contributed by atoms with Gasteiger partial charge in [0.25, 0.3) is 5.91 Å². The molecule has 5 aromatic rings. The molecule has 5 aromatic carbocycles. The molecule has 0 aliphatic carbocycles. The second-order valence-electron chi connectivity index (χ2n) is 13.2. The predicted molar refractivity (Wildman–Crippen MR) is 196 cm³/mol. The van der Waals surface area contributed by atoms with Crippen molar-refractivity contribution in [3.63, 3.8) is 0 Å². The van der Waals surface area contributed by atoms with Gasteiger partial charge in [-0.15, -0.1) is 0 Å². The maximum atomic E-state index is 12.7. The van der Waals surface area contributed by atoms with Gasteiger partial charge in [-0.25, -0.2) is 0 Å². The summed E-state index contributed by atoms with van der Waals surface area (Å²) in [7, 11) is 2.02. The third-order valence-corrected chi connectivity index (χ3v) is 9.87. The van der Waals surface area contributed by atoms with E-state index in [9.17, 15) is 15.0 Å². The lowest BCUT2D eigenvalue weighted by Gasteiger charge is -2.43. The van der Waals surface area contributed by atoms with Crippen molar-refractivity contribution >= 4 is 5.91 Å². The number of nitrogens with zero attached hydrogens (tertiary/aromatic N) is 1. The lowest BCUT2D eigenvalue weighted by molar-refractivity contribution is -0.276. The Balaban J connectivity index is 1.21. The fourth-order valence-electron chi connectivity index (χ4n) is 6.59. The van der Waals surface area contributed by atoms with E-state index in [1.165, 1.54) is 0 Å². The first-order chi connectivity index (χ1) is 24.3. The maximum Gasteiger partial charge on any atom is 0.251 e. The molecule has 1 amide bonds. The van der Waals surface area contributed by atoms with Crippen LogP contribution >= 0.6 is 0 Å². The van der Waals surface area contributed by atoms with E-state index in [4.69, 9.17) is 9.47 Å². The molecule has 1 fully saturated rings. The topological polar surface area (TPSA) is 91.3 Å². The average molecular weight is 671 g/mol. The zero-order valence-corrected chi connectivity index (χ0v) is 28.9. The summed E-state index contributed by atoms with van der Waals surface area (Å²) in [6, 6.07) is 43.1. The Bertz CT molecular complexity index is 1810. The number of rotatable bonds is 12. The van der Waals surface area contributed by atoms with Gasteiger partial charge in [-0.1, -0.05) is 128 Å². The van der Waals surface area contributed by atoms with Gasteiger partial charge in [0.15, 0.2) is 6.29 Å². The van der Waals surface area contributed by atoms with Gasteiger partial charge in [-0.05, 0) is 59.5 Å². The van der Waals surface area contributed by atoms with Crippen molar-refractivity contribution in [3.8, 4) is 11.1 Å². The first kappa shape index (κ1) is 35.2. The van der Waals surface area contributed by atoms with Crippen LogP contribution in [0.5, 0.6) is 0 Å². The Labute approximate surface area is 295 Å². The van der Waals surface area contributed by atoms with Crippen LogP contribution in [0.1, 0.15) is 70.5 Å². The molecule has 258 valence electrons. The minimum atomic E-state index is -0.643. The molecule has 6 atom stereocenters. The second-order valence-corrected chi connectivity index (χ2v) is 13.2. The van der Waals surface area contributed by atoms with Crippen LogP contribution in [-0.2, 0) is 22.6 Å². The van der Waals surface area contributed by atoms with Crippen LogP contribution in [0.2, 0.25) is 0 Å². The zero-order valence-electron chi connectivity index (χ0n) is 28.9. The second kappa shape index (κ2) is 16.4. The summed E-state index contributed by atoms with van der Waals surface area (Å²) in [5.41, 5.74) is 7.37. The van der Waals surface area contributed by atoms with Crippen LogP contribution in [0.3, 0.4) is 0 Å². The SMILES string of the molecule is CC1C(CN(C)C(C)C(O)c2ccccc2)OC(c2ccc(-c3ccccc3CNC(=O)c3ccccc3)cc2)OC1c1ccc(CO)cc1. The van der Waals surface area contributed by atoms with Crippen LogP contribution < -0.4 is 5.32 Å². The van der Waals surface area contributed by atoms with Gasteiger partial charge < -0.3 is 25.0 Å². The molecule has 0 aromatic heterocycles. The standard InChI is InChI=1S/C43H46N2O5/c1-29-39(27-45(3)30(2)40(47)33-12-6-4-7-13-33)49-43(50-41(29)34-20-18-31(28-46)19-21-34)36-24-22-32(23-25-36)38-17-11-10-16-37(38)26-44-42(48)35-14-8-5-9-15-35/h4-25,29-30,39-41,43,46-47H,26-28H2,1-3H3,(H,44,48). The molecule has 7 nitrogen and oxygen atoms in total. The lowest BCUT2D eigenvalue weighted by Crippen LogP contribution is -2.46. The number of benzene rings is 5. The zero-order chi connectivity index (χ0) is 35.0. The van der Waals surface area contributed by atoms with Crippen molar-refractivity contribution in [3.05, 3.63) is 167 Å².